The smallest absolute Gasteiger partial charge is 0.0453 e. The molecule has 0 saturated carbocycles. The Bertz CT molecular complexity index is 319. The van der Waals surface area contributed by atoms with Crippen LogP contribution in [0.5, 0.6) is 0 Å². The molecule has 63 valence electrons. The van der Waals surface area contributed by atoms with E-state index in [2.05, 4.69) is 16.0 Å². The van der Waals surface area contributed by atoms with E-state index in [0.29, 0.717) is 0 Å². The fraction of sp³-hybridized carbons (Fsp3) is 0.0909. The van der Waals surface area contributed by atoms with E-state index in [1.165, 1.54) is 5.56 Å². The van der Waals surface area contributed by atoms with Gasteiger partial charge >= 0.3 is 0 Å². The summed E-state index contributed by atoms with van der Waals surface area (Å²) in [6.45, 7) is 0. The zero-order valence-electron chi connectivity index (χ0n) is 7.14. The van der Waals surface area contributed by atoms with Gasteiger partial charge in [-0.05, 0) is 35.9 Å². The van der Waals surface area contributed by atoms with Gasteiger partial charge in [0.05, 0.1) is 0 Å². The minimum atomic E-state index is 0.847. The second kappa shape index (κ2) is 3.81. The van der Waals surface area contributed by atoms with Crippen molar-refractivity contribution in [2.75, 3.05) is 0 Å². The van der Waals surface area contributed by atoms with E-state index in [4.69, 9.17) is 0 Å². The molecule has 0 unspecified atom stereocenters. The molecule has 0 bridgehead atoms. The van der Waals surface area contributed by atoms with Crippen molar-refractivity contribution in [3.8, 4) is 0 Å². The molecule has 0 spiro atoms. The molecule has 2 aromatic heterocycles. The highest BCUT2D eigenvalue weighted by atomic mass is 14.7. The van der Waals surface area contributed by atoms with Gasteiger partial charge in [0, 0.05) is 30.7 Å². The van der Waals surface area contributed by atoms with Crippen molar-refractivity contribution in [1.82, 2.24) is 9.97 Å². The largest absolute Gasteiger partial charge is 0.265 e. The lowest BCUT2D eigenvalue weighted by atomic mass is 10.1. The predicted octanol–water partition coefficient (Wildman–Crippen LogP) is 1.87. The molecule has 1 radical (unpaired) electrons. The van der Waals surface area contributed by atoms with E-state index in [0.717, 1.165) is 12.1 Å². The van der Waals surface area contributed by atoms with Gasteiger partial charge in [-0.3, -0.25) is 9.97 Å². The lowest BCUT2D eigenvalue weighted by molar-refractivity contribution is 1.06. The van der Waals surface area contributed by atoms with Crippen LogP contribution in [0.1, 0.15) is 11.3 Å². The summed E-state index contributed by atoms with van der Waals surface area (Å²) in [6, 6.07) is 10.7. The maximum atomic E-state index is 4.22. The lowest BCUT2D eigenvalue weighted by Gasteiger charge is -1.98. The average Bonchev–Trinajstić information content (AvgIpc) is 2.21. The van der Waals surface area contributed by atoms with Crippen molar-refractivity contribution in [3.05, 3.63) is 60.2 Å². The normalized spacial score (nSPS) is 9.85. The van der Waals surface area contributed by atoms with Gasteiger partial charge in [-0.2, -0.15) is 0 Å². The molecule has 0 N–H and O–H groups in total. The Hall–Kier alpha value is -1.70. The molecule has 0 amide bonds. The molecule has 0 fully saturated rings. The van der Waals surface area contributed by atoms with E-state index in [1.54, 1.807) is 24.7 Å². The van der Waals surface area contributed by atoms with Crippen molar-refractivity contribution in [2.24, 2.45) is 0 Å². The number of nitrogens with zero attached hydrogens (tertiary/aromatic N) is 2. The Morgan fingerprint density at radius 3 is 2.69 bits per heavy atom. The summed E-state index contributed by atoms with van der Waals surface area (Å²) in [5.74, 6) is 0. The zero-order valence-corrected chi connectivity index (χ0v) is 7.14. The molecule has 0 aliphatic carbocycles. The first-order valence-corrected chi connectivity index (χ1v) is 4.15. The third-order valence-electron chi connectivity index (χ3n) is 1.80. The summed E-state index contributed by atoms with van der Waals surface area (Å²) < 4.78 is 0. The molecule has 0 saturated heterocycles. The Morgan fingerprint density at radius 2 is 2.00 bits per heavy atom. The third-order valence-corrected chi connectivity index (χ3v) is 1.80. The van der Waals surface area contributed by atoms with Crippen LogP contribution in [0.15, 0.2) is 42.9 Å². The fourth-order valence-corrected chi connectivity index (χ4v) is 1.16. The summed E-state index contributed by atoms with van der Waals surface area (Å²) in [5.41, 5.74) is 2.26. The van der Waals surface area contributed by atoms with Crippen LogP contribution in [0.4, 0.5) is 0 Å². The number of rotatable bonds is 2. The molecule has 2 heteroatoms. The van der Waals surface area contributed by atoms with Gasteiger partial charge in [0.25, 0.3) is 0 Å². The molecule has 2 heterocycles. The predicted molar refractivity (Wildman–Crippen MR) is 50.1 cm³/mol. The van der Waals surface area contributed by atoms with Gasteiger partial charge in [0.2, 0.25) is 0 Å². The quantitative estimate of drug-likeness (QED) is 0.685. The highest BCUT2D eigenvalue weighted by Crippen LogP contribution is 2.04. The Morgan fingerprint density at radius 1 is 1.15 bits per heavy atom. The molecule has 2 rings (SSSR count). The van der Waals surface area contributed by atoms with Gasteiger partial charge in [0.15, 0.2) is 0 Å². The molecule has 2 nitrogen and oxygen atoms in total. The highest BCUT2D eigenvalue weighted by molar-refractivity contribution is 5.18. The molecular weight excluding hydrogens is 160 g/mol. The van der Waals surface area contributed by atoms with Crippen LogP contribution in [0, 0.1) is 6.07 Å². The van der Waals surface area contributed by atoms with E-state index < -0.39 is 0 Å². The number of pyridine rings is 2. The maximum absolute atomic E-state index is 4.22. The van der Waals surface area contributed by atoms with Crippen LogP contribution in [0.3, 0.4) is 0 Å². The van der Waals surface area contributed by atoms with Gasteiger partial charge in [0.1, 0.15) is 0 Å². The van der Waals surface area contributed by atoms with E-state index in [1.807, 2.05) is 18.2 Å². The van der Waals surface area contributed by atoms with Crippen LogP contribution < -0.4 is 0 Å². The monoisotopic (exact) mass is 169 g/mol. The lowest BCUT2D eigenvalue weighted by Crippen LogP contribution is -1.90. The molecule has 0 aliphatic heterocycles. The first-order valence-electron chi connectivity index (χ1n) is 4.15. The topological polar surface area (TPSA) is 25.8 Å². The SMILES string of the molecule is [c]1ccnc(Cc2ccncc2)c1. The fourth-order valence-electron chi connectivity index (χ4n) is 1.16. The van der Waals surface area contributed by atoms with Gasteiger partial charge in [-0.1, -0.05) is 0 Å². The highest BCUT2D eigenvalue weighted by Gasteiger charge is 1.94. The maximum Gasteiger partial charge on any atom is 0.0453 e. The summed E-state index contributed by atoms with van der Waals surface area (Å²) in [5, 5.41) is 0. The first-order chi connectivity index (χ1) is 6.45. The van der Waals surface area contributed by atoms with Crippen molar-refractivity contribution < 1.29 is 0 Å². The minimum Gasteiger partial charge on any atom is -0.265 e. The summed E-state index contributed by atoms with van der Waals surface area (Å²) in [4.78, 5) is 8.18. The van der Waals surface area contributed by atoms with Crippen LogP contribution in [-0.2, 0) is 6.42 Å². The zero-order chi connectivity index (χ0) is 8.93. The number of hydrogen-bond donors (Lipinski definition) is 0. The van der Waals surface area contributed by atoms with Crippen molar-refractivity contribution in [1.29, 1.82) is 0 Å². The molecular formula is C11H9N2. The Balaban J connectivity index is 2.16. The minimum absolute atomic E-state index is 0.847. The molecule has 0 aromatic carbocycles. The van der Waals surface area contributed by atoms with E-state index in [9.17, 15) is 0 Å². The van der Waals surface area contributed by atoms with Gasteiger partial charge < -0.3 is 0 Å². The molecule has 2 aromatic rings. The number of hydrogen-bond acceptors (Lipinski definition) is 2. The van der Waals surface area contributed by atoms with Crippen molar-refractivity contribution in [3.63, 3.8) is 0 Å². The molecule has 0 aliphatic rings. The number of aromatic nitrogens is 2. The van der Waals surface area contributed by atoms with Crippen LogP contribution in [0.25, 0.3) is 0 Å². The molecule has 0 atom stereocenters. The summed E-state index contributed by atoms with van der Waals surface area (Å²) >= 11 is 0. The van der Waals surface area contributed by atoms with Crippen molar-refractivity contribution >= 4 is 0 Å². The summed E-state index contributed by atoms with van der Waals surface area (Å²) in [6.07, 6.45) is 6.19. The van der Waals surface area contributed by atoms with Crippen molar-refractivity contribution in [2.45, 2.75) is 6.42 Å². The second-order valence-corrected chi connectivity index (χ2v) is 2.78. The van der Waals surface area contributed by atoms with E-state index in [-0.39, 0.29) is 0 Å². The van der Waals surface area contributed by atoms with Crippen LogP contribution >= 0.6 is 0 Å². The van der Waals surface area contributed by atoms with Crippen LogP contribution in [0.2, 0.25) is 0 Å². The second-order valence-electron chi connectivity index (χ2n) is 2.78. The Kier molecular flexibility index (Phi) is 2.32. The average molecular weight is 169 g/mol. The third kappa shape index (κ3) is 2.12. The van der Waals surface area contributed by atoms with Gasteiger partial charge in [-0.15, -0.1) is 0 Å². The van der Waals surface area contributed by atoms with Crippen LogP contribution in [-0.4, -0.2) is 9.97 Å². The summed E-state index contributed by atoms with van der Waals surface area (Å²) in [7, 11) is 0. The standard InChI is InChI=1S/C11H9N2/c1-2-6-13-11(3-1)9-10-4-7-12-8-5-10/h2-8H,9H2. The molecule has 13 heavy (non-hydrogen) atoms. The van der Waals surface area contributed by atoms with E-state index >= 15 is 0 Å². The van der Waals surface area contributed by atoms with Gasteiger partial charge in [-0.25, -0.2) is 0 Å². The first kappa shape index (κ1) is 7.92. The Labute approximate surface area is 77.3 Å².